The van der Waals surface area contributed by atoms with Crippen molar-refractivity contribution < 1.29 is 18.3 Å². The number of amides is 1. The molecular formula is C20H19F2N3O2. The van der Waals surface area contributed by atoms with Crippen molar-refractivity contribution in [2.75, 3.05) is 6.61 Å². The van der Waals surface area contributed by atoms with Crippen LogP contribution in [0.5, 0.6) is 5.75 Å². The highest BCUT2D eigenvalue weighted by molar-refractivity contribution is 5.94. The van der Waals surface area contributed by atoms with Gasteiger partial charge in [0.15, 0.2) is 0 Å². The fraction of sp³-hybridized carbons (Fsp3) is 0.200. The van der Waals surface area contributed by atoms with Gasteiger partial charge in [0.2, 0.25) is 0 Å². The summed E-state index contributed by atoms with van der Waals surface area (Å²) in [7, 11) is 0. The number of nitrogens with zero attached hydrogens (tertiary/aromatic N) is 2. The Hall–Kier alpha value is -3.22. The van der Waals surface area contributed by atoms with Crippen molar-refractivity contribution in [2.45, 2.75) is 19.5 Å². The number of imidazole rings is 1. The number of aromatic nitrogens is 2. The second-order valence-electron chi connectivity index (χ2n) is 5.93. The van der Waals surface area contributed by atoms with Gasteiger partial charge in [0.25, 0.3) is 5.91 Å². The van der Waals surface area contributed by atoms with E-state index in [9.17, 15) is 13.6 Å². The van der Waals surface area contributed by atoms with Crippen LogP contribution in [-0.4, -0.2) is 22.1 Å². The average Bonchev–Trinajstić information content (AvgIpc) is 3.06. The number of benzene rings is 2. The number of para-hydroxylation sites is 2. The molecule has 1 atom stereocenters. The molecule has 1 N–H and O–H groups in total. The Morgan fingerprint density at radius 3 is 2.63 bits per heavy atom. The zero-order chi connectivity index (χ0) is 19.4. The van der Waals surface area contributed by atoms with Crippen LogP contribution < -0.4 is 10.1 Å². The maximum absolute atomic E-state index is 13.5. The summed E-state index contributed by atoms with van der Waals surface area (Å²) in [5.41, 5.74) is 1.18. The molecule has 3 rings (SSSR count). The standard InChI is InChI=1S/C20H19F2N3O2/c1-3-12-27-15-10-8-14(9-11-15)19(26)23-13(2)18-24-16-6-4-5-7-17(16)25(18)20(21)22/h3-11,13,20H,1,12H2,2H3,(H,23,26)/t13-/m1/s1. The number of nitrogens with one attached hydrogen (secondary N) is 1. The SMILES string of the molecule is C=CCOc1ccc(C(=O)N[C@H](C)c2nc3ccccc3n2C(F)F)cc1. The monoisotopic (exact) mass is 371 g/mol. The van der Waals surface area contributed by atoms with E-state index in [-0.39, 0.29) is 11.7 Å². The van der Waals surface area contributed by atoms with E-state index in [4.69, 9.17) is 4.74 Å². The molecule has 0 spiro atoms. The molecule has 140 valence electrons. The molecular weight excluding hydrogens is 352 g/mol. The Bertz CT molecular complexity index is 952. The summed E-state index contributed by atoms with van der Waals surface area (Å²) in [5, 5.41) is 2.72. The third kappa shape index (κ3) is 3.97. The first kappa shape index (κ1) is 18.6. The predicted octanol–water partition coefficient (Wildman–Crippen LogP) is 4.49. The lowest BCUT2D eigenvalue weighted by Gasteiger charge is -2.16. The van der Waals surface area contributed by atoms with Gasteiger partial charge < -0.3 is 10.1 Å². The third-order valence-electron chi connectivity index (χ3n) is 4.04. The molecule has 0 saturated carbocycles. The van der Waals surface area contributed by atoms with Crippen LogP contribution >= 0.6 is 0 Å². The van der Waals surface area contributed by atoms with Crippen LogP contribution in [0.25, 0.3) is 11.0 Å². The molecule has 0 aliphatic carbocycles. The number of rotatable bonds is 7. The highest BCUT2D eigenvalue weighted by Gasteiger charge is 2.23. The van der Waals surface area contributed by atoms with Gasteiger partial charge in [-0.15, -0.1) is 0 Å². The minimum Gasteiger partial charge on any atom is -0.490 e. The number of halogens is 2. The number of alkyl halides is 2. The third-order valence-corrected chi connectivity index (χ3v) is 4.04. The summed E-state index contributed by atoms with van der Waals surface area (Å²) in [5.74, 6) is 0.329. The summed E-state index contributed by atoms with van der Waals surface area (Å²) in [6, 6.07) is 12.5. The van der Waals surface area contributed by atoms with E-state index >= 15 is 0 Å². The molecule has 0 aliphatic heterocycles. The van der Waals surface area contributed by atoms with E-state index in [1.165, 1.54) is 0 Å². The number of ether oxygens (including phenoxy) is 1. The quantitative estimate of drug-likeness (QED) is 0.623. The topological polar surface area (TPSA) is 56.1 Å². The van der Waals surface area contributed by atoms with E-state index in [0.29, 0.717) is 29.0 Å². The Kier molecular flexibility index (Phi) is 5.49. The minimum atomic E-state index is -2.76. The molecule has 7 heteroatoms. The van der Waals surface area contributed by atoms with Gasteiger partial charge in [-0.25, -0.2) is 4.98 Å². The van der Waals surface area contributed by atoms with Crippen molar-refractivity contribution >= 4 is 16.9 Å². The molecule has 1 amide bonds. The summed E-state index contributed by atoms with van der Waals surface area (Å²) >= 11 is 0. The fourth-order valence-corrected chi connectivity index (χ4v) is 2.78. The molecule has 2 aromatic carbocycles. The Labute approximate surface area is 155 Å². The summed E-state index contributed by atoms with van der Waals surface area (Å²) in [6.45, 7) is 2.80. The van der Waals surface area contributed by atoms with Crippen molar-refractivity contribution in [2.24, 2.45) is 0 Å². The molecule has 5 nitrogen and oxygen atoms in total. The Morgan fingerprint density at radius 1 is 1.26 bits per heavy atom. The lowest BCUT2D eigenvalue weighted by atomic mass is 10.2. The number of carbonyl (C=O) groups is 1. The van der Waals surface area contributed by atoms with Gasteiger partial charge in [0.1, 0.15) is 18.2 Å². The molecule has 0 aliphatic rings. The summed E-state index contributed by atoms with van der Waals surface area (Å²) in [4.78, 5) is 16.7. The molecule has 3 aromatic rings. The lowest BCUT2D eigenvalue weighted by molar-refractivity contribution is 0.0688. The van der Waals surface area contributed by atoms with Crippen LogP contribution in [-0.2, 0) is 0 Å². The van der Waals surface area contributed by atoms with E-state index < -0.39 is 12.6 Å². The highest BCUT2D eigenvalue weighted by Crippen LogP contribution is 2.26. The molecule has 0 bridgehead atoms. The summed E-state index contributed by atoms with van der Waals surface area (Å²) < 4.78 is 33.3. The maximum Gasteiger partial charge on any atom is 0.320 e. The molecule has 0 fully saturated rings. The van der Waals surface area contributed by atoms with Gasteiger partial charge in [-0.05, 0) is 43.3 Å². The zero-order valence-corrected chi connectivity index (χ0v) is 14.7. The minimum absolute atomic E-state index is 0.102. The number of fused-ring (bicyclic) bond motifs is 1. The van der Waals surface area contributed by atoms with Gasteiger partial charge in [-0.3, -0.25) is 9.36 Å². The van der Waals surface area contributed by atoms with Crippen LogP contribution in [0.15, 0.2) is 61.2 Å². The van der Waals surface area contributed by atoms with Crippen molar-refractivity contribution in [1.82, 2.24) is 14.9 Å². The lowest BCUT2D eigenvalue weighted by Crippen LogP contribution is -2.28. The summed E-state index contributed by atoms with van der Waals surface area (Å²) in [6.07, 6.45) is 1.62. The van der Waals surface area contributed by atoms with Gasteiger partial charge in [-0.1, -0.05) is 24.8 Å². The van der Waals surface area contributed by atoms with Crippen LogP contribution in [0, 0.1) is 0 Å². The molecule has 0 saturated heterocycles. The normalized spacial score (nSPS) is 12.1. The van der Waals surface area contributed by atoms with Gasteiger partial charge in [0, 0.05) is 5.56 Å². The van der Waals surface area contributed by atoms with E-state index in [1.807, 2.05) is 0 Å². The van der Waals surface area contributed by atoms with Crippen LogP contribution in [0.4, 0.5) is 8.78 Å². The second kappa shape index (κ2) is 7.99. The molecule has 1 aromatic heterocycles. The van der Waals surface area contributed by atoms with E-state index in [2.05, 4.69) is 16.9 Å². The zero-order valence-electron chi connectivity index (χ0n) is 14.7. The molecule has 1 heterocycles. The van der Waals surface area contributed by atoms with Crippen LogP contribution in [0.3, 0.4) is 0 Å². The molecule has 0 unspecified atom stereocenters. The van der Waals surface area contributed by atoms with Crippen molar-refractivity contribution in [3.8, 4) is 5.75 Å². The van der Waals surface area contributed by atoms with Crippen LogP contribution in [0.1, 0.15) is 35.7 Å². The average molecular weight is 371 g/mol. The Balaban J connectivity index is 1.79. The largest absolute Gasteiger partial charge is 0.490 e. The van der Waals surface area contributed by atoms with E-state index in [1.54, 1.807) is 61.5 Å². The molecule has 27 heavy (non-hydrogen) atoms. The van der Waals surface area contributed by atoms with Gasteiger partial charge in [0.05, 0.1) is 17.1 Å². The van der Waals surface area contributed by atoms with Gasteiger partial charge in [-0.2, -0.15) is 8.78 Å². The number of hydrogen-bond acceptors (Lipinski definition) is 3. The predicted molar refractivity (Wildman–Crippen MR) is 99.0 cm³/mol. The van der Waals surface area contributed by atoms with Gasteiger partial charge >= 0.3 is 6.55 Å². The fourth-order valence-electron chi connectivity index (χ4n) is 2.78. The van der Waals surface area contributed by atoms with Crippen molar-refractivity contribution in [3.05, 3.63) is 72.6 Å². The second-order valence-corrected chi connectivity index (χ2v) is 5.93. The number of hydrogen-bond donors (Lipinski definition) is 1. The van der Waals surface area contributed by atoms with Crippen LogP contribution in [0.2, 0.25) is 0 Å². The van der Waals surface area contributed by atoms with Crippen molar-refractivity contribution in [1.29, 1.82) is 0 Å². The number of carbonyl (C=O) groups excluding carboxylic acids is 1. The van der Waals surface area contributed by atoms with E-state index in [0.717, 1.165) is 4.57 Å². The highest BCUT2D eigenvalue weighted by atomic mass is 19.3. The first-order chi connectivity index (χ1) is 13.0. The first-order valence-corrected chi connectivity index (χ1v) is 8.41. The smallest absolute Gasteiger partial charge is 0.320 e. The molecule has 0 radical (unpaired) electrons. The van der Waals surface area contributed by atoms with Crippen molar-refractivity contribution in [3.63, 3.8) is 0 Å². The maximum atomic E-state index is 13.5. The first-order valence-electron chi connectivity index (χ1n) is 8.41. The Morgan fingerprint density at radius 2 is 1.96 bits per heavy atom.